The molecule has 0 aromatic heterocycles. The van der Waals surface area contributed by atoms with E-state index in [2.05, 4.69) is 5.32 Å². The smallest absolute Gasteiger partial charge is 0.335 e. The molecule has 1 aliphatic heterocycles. The number of halogens is 1. The van der Waals surface area contributed by atoms with E-state index < -0.39 is 23.8 Å². The van der Waals surface area contributed by atoms with Crippen LogP contribution in [-0.4, -0.2) is 37.5 Å². The van der Waals surface area contributed by atoms with Gasteiger partial charge in [0.15, 0.2) is 18.1 Å². The molecule has 3 N–H and O–H groups in total. The summed E-state index contributed by atoms with van der Waals surface area (Å²) in [4.78, 5) is 49.1. The number of urea groups is 1. The Balaban J connectivity index is 1.94. The highest BCUT2D eigenvalue weighted by Gasteiger charge is 2.36. The minimum absolute atomic E-state index is 0.252. The maximum absolute atomic E-state index is 12.9. The second kappa shape index (κ2) is 8.66. The first kappa shape index (κ1) is 20.9. The summed E-state index contributed by atoms with van der Waals surface area (Å²) in [5, 5.41) is 2.57. The van der Waals surface area contributed by atoms with E-state index in [1.54, 1.807) is 6.07 Å². The van der Waals surface area contributed by atoms with Crippen molar-refractivity contribution in [2.45, 2.75) is 0 Å². The summed E-state index contributed by atoms with van der Waals surface area (Å²) >= 11 is 5.85. The van der Waals surface area contributed by atoms with Crippen molar-refractivity contribution in [2.24, 2.45) is 5.73 Å². The molecule has 154 valence electrons. The maximum atomic E-state index is 12.9. The van der Waals surface area contributed by atoms with E-state index in [4.69, 9.17) is 26.8 Å². The van der Waals surface area contributed by atoms with Crippen molar-refractivity contribution in [3.63, 3.8) is 0 Å². The Kier molecular flexibility index (Phi) is 6.03. The SMILES string of the molecule is COc1cc(/C=C2\C(=O)NC(=O)N(c3ccc(Cl)cc3)C2=O)ccc1OCC(N)=O. The number of benzene rings is 2. The Bertz CT molecular complexity index is 1060. The number of ether oxygens (including phenoxy) is 2. The van der Waals surface area contributed by atoms with Crippen LogP contribution in [-0.2, 0) is 14.4 Å². The molecule has 0 atom stereocenters. The average molecular weight is 430 g/mol. The van der Waals surface area contributed by atoms with Crippen molar-refractivity contribution in [3.8, 4) is 11.5 Å². The molecule has 1 saturated heterocycles. The van der Waals surface area contributed by atoms with E-state index in [9.17, 15) is 19.2 Å². The van der Waals surface area contributed by atoms with Crippen LogP contribution in [0.4, 0.5) is 10.5 Å². The van der Waals surface area contributed by atoms with Gasteiger partial charge < -0.3 is 15.2 Å². The van der Waals surface area contributed by atoms with E-state index in [0.29, 0.717) is 10.6 Å². The lowest BCUT2D eigenvalue weighted by molar-refractivity contribution is -0.123. The highest BCUT2D eigenvalue weighted by atomic mass is 35.5. The lowest BCUT2D eigenvalue weighted by Gasteiger charge is -2.26. The minimum atomic E-state index is -0.864. The number of carbonyl (C=O) groups excluding carboxylic acids is 4. The number of nitrogens with one attached hydrogen (secondary N) is 1. The van der Waals surface area contributed by atoms with Gasteiger partial charge in [-0.15, -0.1) is 0 Å². The number of amides is 5. The average Bonchev–Trinajstić information content (AvgIpc) is 2.71. The number of hydrogen-bond donors (Lipinski definition) is 2. The second-order valence-electron chi connectivity index (χ2n) is 6.10. The molecule has 0 spiro atoms. The molecule has 1 fully saturated rings. The van der Waals surface area contributed by atoms with Gasteiger partial charge in [-0.05, 0) is 48.0 Å². The lowest BCUT2D eigenvalue weighted by atomic mass is 10.1. The number of rotatable bonds is 6. The van der Waals surface area contributed by atoms with Crippen molar-refractivity contribution in [1.82, 2.24) is 5.32 Å². The molecule has 3 rings (SSSR count). The van der Waals surface area contributed by atoms with Crippen LogP contribution >= 0.6 is 11.6 Å². The van der Waals surface area contributed by atoms with Gasteiger partial charge in [0.05, 0.1) is 12.8 Å². The first-order valence-electron chi connectivity index (χ1n) is 8.56. The molecule has 5 amide bonds. The van der Waals surface area contributed by atoms with Crippen LogP contribution < -0.4 is 25.4 Å². The van der Waals surface area contributed by atoms with Crippen LogP contribution in [0.5, 0.6) is 11.5 Å². The molecule has 0 saturated carbocycles. The summed E-state index contributed by atoms with van der Waals surface area (Å²) < 4.78 is 10.5. The topological polar surface area (TPSA) is 128 Å². The Hall–Kier alpha value is -3.85. The van der Waals surface area contributed by atoms with Gasteiger partial charge >= 0.3 is 6.03 Å². The fourth-order valence-corrected chi connectivity index (χ4v) is 2.82. The molecule has 1 heterocycles. The van der Waals surface area contributed by atoms with Gasteiger partial charge in [0.1, 0.15) is 5.57 Å². The molecular formula is C20H16ClN3O6. The molecule has 30 heavy (non-hydrogen) atoms. The molecule has 2 aromatic rings. The number of carbonyl (C=O) groups is 4. The number of hydrogen-bond acceptors (Lipinski definition) is 6. The number of anilines is 1. The molecule has 2 aromatic carbocycles. The quantitative estimate of drug-likeness (QED) is 0.533. The van der Waals surface area contributed by atoms with Gasteiger partial charge in [-0.2, -0.15) is 0 Å². The molecule has 0 radical (unpaired) electrons. The maximum Gasteiger partial charge on any atom is 0.335 e. The normalized spacial score (nSPS) is 15.2. The van der Waals surface area contributed by atoms with E-state index in [1.807, 2.05) is 0 Å². The highest BCUT2D eigenvalue weighted by molar-refractivity contribution is 6.39. The summed E-state index contributed by atoms with van der Waals surface area (Å²) in [5.74, 6) is -1.75. The third-order valence-electron chi connectivity index (χ3n) is 4.06. The number of nitrogens with zero attached hydrogens (tertiary/aromatic N) is 1. The van der Waals surface area contributed by atoms with Gasteiger partial charge in [0.25, 0.3) is 17.7 Å². The van der Waals surface area contributed by atoms with Crippen molar-refractivity contribution in [3.05, 3.63) is 58.6 Å². The number of primary amides is 1. The fourth-order valence-electron chi connectivity index (χ4n) is 2.69. The monoisotopic (exact) mass is 429 g/mol. The Morgan fingerprint density at radius 1 is 1.13 bits per heavy atom. The number of imide groups is 2. The minimum Gasteiger partial charge on any atom is -0.493 e. The molecule has 0 unspecified atom stereocenters. The molecule has 1 aliphatic rings. The Morgan fingerprint density at radius 3 is 2.47 bits per heavy atom. The van der Waals surface area contributed by atoms with E-state index >= 15 is 0 Å². The molecular weight excluding hydrogens is 414 g/mol. The predicted octanol–water partition coefficient (Wildman–Crippen LogP) is 1.88. The van der Waals surface area contributed by atoms with Crippen LogP contribution in [0.15, 0.2) is 48.0 Å². The van der Waals surface area contributed by atoms with Crippen molar-refractivity contribution in [1.29, 1.82) is 0 Å². The predicted molar refractivity (Wildman–Crippen MR) is 108 cm³/mol. The van der Waals surface area contributed by atoms with Gasteiger partial charge in [0, 0.05) is 5.02 Å². The summed E-state index contributed by atoms with van der Waals surface area (Å²) in [5.41, 5.74) is 5.50. The molecule has 9 nitrogen and oxygen atoms in total. The summed E-state index contributed by atoms with van der Waals surface area (Å²) in [6.07, 6.45) is 1.31. The third-order valence-corrected chi connectivity index (χ3v) is 4.31. The Labute approximate surface area is 176 Å². The van der Waals surface area contributed by atoms with Gasteiger partial charge in [-0.25, -0.2) is 9.69 Å². The van der Waals surface area contributed by atoms with Crippen molar-refractivity contribution in [2.75, 3.05) is 18.6 Å². The van der Waals surface area contributed by atoms with Crippen LogP contribution in [0, 0.1) is 0 Å². The summed E-state index contributed by atoms with van der Waals surface area (Å²) in [6.45, 7) is -0.337. The van der Waals surface area contributed by atoms with Crippen LogP contribution in [0.3, 0.4) is 0 Å². The van der Waals surface area contributed by atoms with Crippen molar-refractivity contribution >= 4 is 47.1 Å². The Morgan fingerprint density at radius 2 is 1.83 bits per heavy atom. The number of nitrogens with two attached hydrogens (primary N) is 1. The van der Waals surface area contributed by atoms with E-state index in [1.165, 1.54) is 49.6 Å². The molecule has 10 heteroatoms. The zero-order valence-corrected chi connectivity index (χ0v) is 16.4. The molecule has 0 bridgehead atoms. The van der Waals surface area contributed by atoms with E-state index in [-0.39, 0.29) is 29.4 Å². The first-order valence-corrected chi connectivity index (χ1v) is 8.94. The summed E-state index contributed by atoms with van der Waals surface area (Å²) in [6, 6.07) is 9.71. The molecule has 0 aliphatic carbocycles. The van der Waals surface area contributed by atoms with Gasteiger partial charge in [-0.3, -0.25) is 19.7 Å². The third kappa shape index (κ3) is 4.41. The van der Waals surface area contributed by atoms with E-state index in [0.717, 1.165) is 4.90 Å². The standard InChI is InChI=1S/C20H16ClN3O6/c1-29-16-9-11(2-7-15(16)30-10-17(22)25)8-14-18(26)23-20(28)24(19(14)27)13-5-3-12(21)4-6-13/h2-9H,10H2,1H3,(H2,22,25)(H,23,26,28)/b14-8+. The zero-order valence-electron chi connectivity index (χ0n) is 15.7. The number of barbiturate groups is 1. The van der Waals surface area contributed by atoms with Gasteiger partial charge in [0.2, 0.25) is 0 Å². The van der Waals surface area contributed by atoms with Crippen LogP contribution in [0.1, 0.15) is 5.56 Å². The largest absolute Gasteiger partial charge is 0.493 e. The lowest BCUT2D eigenvalue weighted by Crippen LogP contribution is -2.54. The van der Waals surface area contributed by atoms with Crippen molar-refractivity contribution < 1.29 is 28.7 Å². The van der Waals surface area contributed by atoms with Crippen LogP contribution in [0.25, 0.3) is 6.08 Å². The fraction of sp³-hybridized carbons (Fsp3) is 0.100. The first-order chi connectivity index (χ1) is 14.3. The zero-order chi connectivity index (χ0) is 21.8. The number of methoxy groups -OCH3 is 1. The highest BCUT2D eigenvalue weighted by Crippen LogP contribution is 2.30. The van der Waals surface area contributed by atoms with Crippen LogP contribution in [0.2, 0.25) is 5.02 Å². The second-order valence-corrected chi connectivity index (χ2v) is 6.54. The van der Waals surface area contributed by atoms with Gasteiger partial charge in [-0.1, -0.05) is 17.7 Å². The summed E-state index contributed by atoms with van der Waals surface area (Å²) in [7, 11) is 1.39.